The Morgan fingerprint density at radius 2 is 2.06 bits per heavy atom. The molecule has 31 heavy (non-hydrogen) atoms. The summed E-state index contributed by atoms with van der Waals surface area (Å²) >= 11 is 0. The van der Waals surface area contributed by atoms with Crippen LogP contribution in [0.5, 0.6) is 11.5 Å². The van der Waals surface area contributed by atoms with E-state index in [0.29, 0.717) is 18.7 Å². The van der Waals surface area contributed by atoms with Crippen molar-refractivity contribution in [1.82, 2.24) is 15.2 Å². The van der Waals surface area contributed by atoms with E-state index in [1.54, 1.807) is 11.7 Å². The average Bonchev–Trinajstić information content (AvgIpc) is 2.77. The highest BCUT2D eigenvalue weighted by Gasteiger charge is 2.25. The van der Waals surface area contributed by atoms with E-state index in [4.69, 9.17) is 9.47 Å². The van der Waals surface area contributed by atoms with Gasteiger partial charge in [0, 0.05) is 24.7 Å². The number of methoxy groups -OCH3 is 1. The summed E-state index contributed by atoms with van der Waals surface area (Å²) in [6.45, 7) is 4.55. The van der Waals surface area contributed by atoms with Crippen molar-refractivity contribution < 1.29 is 14.3 Å². The number of ether oxygens (including phenoxy) is 2. The number of fused-ring (bicyclic) bond motifs is 1. The molecule has 2 N–H and O–H groups in total. The van der Waals surface area contributed by atoms with Gasteiger partial charge in [0.25, 0.3) is 11.5 Å². The number of piperidine rings is 1. The van der Waals surface area contributed by atoms with Crippen molar-refractivity contribution in [3.05, 3.63) is 57.5 Å². The van der Waals surface area contributed by atoms with Gasteiger partial charge in [0.1, 0.15) is 5.56 Å². The van der Waals surface area contributed by atoms with Gasteiger partial charge in [-0.1, -0.05) is 12.1 Å². The largest absolute Gasteiger partial charge is 0.493 e. The number of para-hydroxylation sites is 1. The van der Waals surface area contributed by atoms with Crippen LogP contribution in [0.4, 0.5) is 0 Å². The molecule has 4 rings (SSSR count). The lowest BCUT2D eigenvalue weighted by Gasteiger charge is -2.27. The van der Waals surface area contributed by atoms with Gasteiger partial charge in [-0.3, -0.25) is 9.59 Å². The van der Waals surface area contributed by atoms with Gasteiger partial charge in [-0.05, 0) is 62.5 Å². The molecule has 1 aromatic carbocycles. The summed E-state index contributed by atoms with van der Waals surface area (Å²) in [6.07, 6.45) is 4.41. The smallest absolute Gasteiger partial charge is 0.263 e. The monoisotopic (exact) mass is 447 g/mol. The zero-order chi connectivity index (χ0) is 21.1. The number of carbonyl (C=O) groups is 1. The van der Waals surface area contributed by atoms with Crippen molar-refractivity contribution in [2.24, 2.45) is 5.92 Å². The van der Waals surface area contributed by atoms with Gasteiger partial charge < -0.3 is 24.7 Å². The van der Waals surface area contributed by atoms with Crippen LogP contribution >= 0.6 is 12.4 Å². The van der Waals surface area contributed by atoms with Gasteiger partial charge >= 0.3 is 0 Å². The summed E-state index contributed by atoms with van der Waals surface area (Å²) in [4.78, 5) is 26.0. The third-order valence-electron chi connectivity index (χ3n) is 6.06. The fraction of sp³-hybridized carbons (Fsp3) is 0.478. The third-order valence-corrected chi connectivity index (χ3v) is 6.06. The molecular weight excluding hydrogens is 418 g/mol. The van der Waals surface area contributed by atoms with Crippen molar-refractivity contribution in [2.45, 2.75) is 32.2 Å². The number of rotatable bonds is 5. The Labute approximate surface area is 188 Å². The molecule has 0 spiro atoms. The van der Waals surface area contributed by atoms with E-state index >= 15 is 0 Å². The van der Waals surface area contributed by atoms with Gasteiger partial charge in [0.2, 0.25) is 0 Å². The molecule has 2 aliphatic rings. The number of benzene rings is 1. The van der Waals surface area contributed by atoms with E-state index in [1.165, 1.54) is 0 Å². The Morgan fingerprint density at radius 3 is 2.81 bits per heavy atom. The van der Waals surface area contributed by atoms with Crippen LogP contribution in [0.1, 0.15) is 40.4 Å². The minimum absolute atomic E-state index is 0. The molecular formula is C23H30ClN3O4. The van der Waals surface area contributed by atoms with Crippen molar-refractivity contribution in [1.29, 1.82) is 0 Å². The molecule has 1 amide bonds. The first kappa shape index (κ1) is 23.2. The fourth-order valence-corrected chi connectivity index (χ4v) is 4.36. The van der Waals surface area contributed by atoms with E-state index in [-0.39, 0.29) is 41.4 Å². The maximum absolute atomic E-state index is 13.1. The maximum atomic E-state index is 13.1. The summed E-state index contributed by atoms with van der Waals surface area (Å²) in [5.41, 5.74) is 1.82. The molecule has 0 aliphatic carbocycles. The molecule has 1 atom stereocenters. The normalized spacial score (nSPS) is 18.3. The van der Waals surface area contributed by atoms with Crippen LogP contribution in [0, 0.1) is 12.8 Å². The predicted molar refractivity (Wildman–Crippen MR) is 122 cm³/mol. The number of halogens is 1. The van der Waals surface area contributed by atoms with E-state index in [2.05, 4.69) is 10.6 Å². The van der Waals surface area contributed by atoms with Crippen LogP contribution in [0.2, 0.25) is 0 Å². The zero-order valence-corrected chi connectivity index (χ0v) is 18.8. The molecule has 1 unspecified atom stereocenters. The van der Waals surface area contributed by atoms with Crippen molar-refractivity contribution >= 4 is 18.3 Å². The number of aryl methyl sites for hydroxylation is 1. The number of nitrogens with zero attached hydrogens (tertiary/aromatic N) is 1. The molecule has 2 aromatic rings. The third kappa shape index (κ3) is 4.88. The minimum atomic E-state index is -0.308. The van der Waals surface area contributed by atoms with Crippen LogP contribution in [-0.2, 0) is 6.42 Å². The Bertz CT molecular complexity index is 985. The first-order valence-electron chi connectivity index (χ1n) is 10.6. The molecule has 168 valence electrons. The van der Waals surface area contributed by atoms with Crippen LogP contribution in [0.15, 0.2) is 35.3 Å². The Hall–Kier alpha value is -2.51. The lowest BCUT2D eigenvalue weighted by atomic mass is 9.96. The second-order valence-electron chi connectivity index (χ2n) is 8.11. The van der Waals surface area contributed by atoms with Crippen LogP contribution in [-0.4, -0.2) is 43.8 Å². The molecule has 7 nitrogen and oxygen atoms in total. The number of carbonyl (C=O) groups excluding carboxylic acids is 1. The molecule has 0 radical (unpaired) electrons. The van der Waals surface area contributed by atoms with Crippen LogP contribution < -0.4 is 25.7 Å². The fourth-order valence-electron chi connectivity index (χ4n) is 4.36. The summed E-state index contributed by atoms with van der Waals surface area (Å²) < 4.78 is 13.0. The molecule has 1 fully saturated rings. The lowest BCUT2D eigenvalue weighted by molar-refractivity contribution is 0.0935. The summed E-state index contributed by atoms with van der Waals surface area (Å²) in [5.74, 6) is 1.35. The molecule has 8 heteroatoms. The second-order valence-corrected chi connectivity index (χ2v) is 8.11. The van der Waals surface area contributed by atoms with Crippen molar-refractivity contribution in [3.8, 4) is 11.5 Å². The maximum Gasteiger partial charge on any atom is 0.263 e. The van der Waals surface area contributed by atoms with Crippen molar-refractivity contribution in [2.75, 3.05) is 33.4 Å². The number of pyridine rings is 1. The predicted octanol–water partition coefficient (Wildman–Crippen LogP) is 2.49. The lowest BCUT2D eigenvalue weighted by Crippen LogP contribution is -2.40. The SMILES string of the molecule is COc1cccc2c1OCC(CNC(=O)c1c(C)ccn(C3CCNCC3)c1=O)C2.Cl. The summed E-state index contributed by atoms with van der Waals surface area (Å²) in [6, 6.07) is 7.85. The minimum Gasteiger partial charge on any atom is -0.493 e. The van der Waals surface area contributed by atoms with Crippen LogP contribution in [0.25, 0.3) is 0 Å². The molecule has 0 saturated carbocycles. The molecule has 2 aliphatic heterocycles. The first-order valence-corrected chi connectivity index (χ1v) is 10.6. The molecule has 0 bridgehead atoms. The summed E-state index contributed by atoms with van der Waals surface area (Å²) in [5, 5.41) is 6.27. The number of aromatic nitrogens is 1. The van der Waals surface area contributed by atoms with Gasteiger partial charge in [0.05, 0.1) is 13.7 Å². The molecule has 3 heterocycles. The Morgan fingerprint density at radius 1 is 1.29 bits per heavy atom. The Balaban J connectivity index is 0.00000272. The van der Waals surface area contributed by atoms with E-state index < -0.39 is 0 Å². The quantitative estimate of drug-likeness (QED) is 0.736. The second kappa shape index (κ2) is 10.2. The standard InChI is InChI=1S/C23H29N3O4.ClH/c1-15-8-11-26(18-6-9-24-10-7-18)23(28)20(15)22(27)25-13-16-12-17-4-3-5-19(29-2)21(17)30-14-16;/h3-5,8,11,16,18,24H,6-7,9-10,12-14H2,1-2H3,(H,25,27);1H. The van der Waals surface area contributed by atoms with E-state index in [9.17, 15) is 9.59 Å². The number of hydrogen-bond acceptors (Lipinski definition) is 5. The molecule has 1 saturated heterocycles. The first-order chi connectivity index (χ1) is 14.6. The van der Waals surface area contributed by atoms with Gasteiger partial charge in [-0.15, -0.1) is 12.4 Å². The van der Waals surface area contributed by atoms with E-state index in [0.717, 1.165) is 49.4 Å². The van der Waals surface area contributed by atoms with Gasteiger partial charge in [-0.2, -0.15) is 0 Å². The van der Waals surface area contributed by atoms with Gasteiger partial charge in [0.15, 0.2) is 11.5 Å². The average molecular weight is 448 g/mol. The van der Waals surface area contributed by atoms with Gasteiger partial charge in [-0.25, -0.2) is 0 Å². The highest BCUT2D eigenvalue weighted by Crippen LogP contribution is 2.35. The number of hydrogen-bond donors (Lipinski definition) is 2. The topological polar surface area (TPSA) is 81.6 Å². The van der Waals surface area contributed by atoms with Crippen LogP contribution in [0.3, 0.4) is 0 Å². The number of amides is 1. The molecule has 1 aromatic heterocycles. The zero-order valence-electron chi connectivity index (χ0n) is 18.0. The number of nitrogens with one attached hydrogen (secondary N) is 2. The summed E-state index contributed by atoms with van der Waals surface area (Å²) in [7, 11) is 1.63. The highest BCUT2D eigenvalue weighted by molar-refractivity contribution is 5.95. The van der Waals surface area contributed by atoms with Crippen molar-refractivity contribution in [3.63, 3.8) is 0 Å². The Kier molecular flexibility index (Phi) is 7.62. The highest BCUT2D eigenvalue weighted by atomic mass is 35.5. The van der Waals surface area contributed by atoms with E-state index in [1.807, 2.05) is 37.4 Å².